The Balaban J connectivity index is 1.82. The molecule has 0 fully saturated rings. The first-order chi connectivity index (χ1) is 10.1. The second kappa shape index (κ2) is 7.13. The van der Waals surface area contributed by atoms with Crippen LogP contribution in [0.25, 0.3) is 0 Å². The van der Waals surface area contributed by atoms with E-state index in [1.54, 1.807) is 0 Å². The van der Waals surface area contributed by atoms with Gasteiger partial charge in [-0.2, -0.15) is 5.10 Å². The average Bonchev–Trinajstić information content (AvgIpc) is 2.48. The molecule has 0 aliphatic rings. The van der Waals surface area contributed by atoms with Gasteiger partial charge < -0.3 is 10.1 Å². The predicted octanol–water partition coefficient (Wildman–Crippen LogP) is 3.04. The number of benzene rings is 1. The summed E-state index contributed by atoms with van der Waals surface area (Å²) in [6.45, 7) is 5.29. The lowest BCUT2D eigenvalue weighted by Gasteiger charge is -2.10. The van der Waals surface area contributed by atoms with Crippen LogP contribution in [-0.4, -0.2) is 23.3 Å². The Morgan fingerprint density at radius 3 is 2.71 bits per heavy atom. The summed E-state index contributed by atoms with van der Waals surface area (Å²) >= 11 is 5.85. The van der Waals surface area contributed by atoms with E-state index in [-0.39, 0.29) is 5.02 Å². The van der Waals surface area contributed by atoms with Crippen molar-refractivity contribution in [1.82, 2.24) is 10.2 Å². The molecule has 2 aromatic rings. The molecule has 21 heavy (non-hydrogen) atoms. The summed E-state index contributed by atoms with van der Waals surface area (Å²) in [4.78, 5) is 11.3. The molecule has 1 aromatic heterocycles. The zero-order valence-electron chi connectivity index (χ0n) is 12.0. The molecule has 0 aliphatic carbocycles. The van der Waals surface area contributed by atoms with Gasteiger partial charge in [0.2, 0.25) is 0 Å². The molecular formula is C15H18ClN3O2. The highest BCUT2D eigenvalue weighted by molar-refractivity contribution is 6.32. The van der Waals surface area contributed by atoms with Gasteiger partial charge in [0.05, 0.1) is 11.9 Å². The van der Waals surface area contributed by atoms with E-state index in [9.17, 15) is 4.79 Å². The Morgan fingerprint density at radius 1 is 1.33 bits per heavy atom. The first-order valence-electron chi connectivity index (χ1n) is 6.77. The number of aromatic amines is 1. The third-order valence-corrected chi connectivity index (χ3v) is 3.40. The van der Waals surface area contributed by atoms with E-state index in [1.165, 1.54) is 11.8 Å². The topological polar surface area (TPSA) is 67.0 Å². The Bertz CT molecular complexity index is 638. The van der Waals surface area contributed by atoms with E-state index in [4.69, 9.17) is 16.3 Å². The second-order valence-corrected chi connectivity index (χ2v) is 5.30. The van der Waals surface area contributed by atoms with Gasteiger partial charge in [-0.05, 0) is 23.6 Å². The maximum atomic E-state index is 11.3. The first-order valence-corrected chi connectivity index (χ1v) is 7.15. The first kappa shape index (κ1) is 15.4. The third kappa shape index (κ3) is 4.23. The number of aromatic nitrogens is 2. The van der Waals surface area contributed by atoms with Gasteiger partial charge in [0.1, 0.15) is 17.4 Å². The molecule has 0 amide bonds. The number of halogens is 1. The predicted molar refractivity (Wildman–Crippen MR) is 84.4 cm³/mol. The van der Waals surface area contributed by atoms with Crippen molar-refractivity contribution in [1.29, 1.82) is 0 Å². The van der Waals surface area contributed by atoms with Crippen LogP contribution in [0, 0.1) is 0 Å². The van der Waals surface area contributed by atoms with Crippen molar-refractivity contribution in [3.8, 4) is 5.75 Å². The number of nitrogens with one attached hydrogen (secondary N) is 2. The van der Waals surface area contributed by atoms with Crippen LogP contribution in [0.3, 0.4) is 0 Å². The molecule has 1 aromatic carbocycles. The zero-order chi connectivity index (χ0) is 15.2. The Labute approximate surface area is 128 Å². The van der Waals surface area contributed by atoms with Gasteiger partial charge in [0, 0.05) is 6.54 Å². The van der Waals surface area contributed by atoms with E-state index in [1.807, 2.05) is 12.1 Å². The van der Waals surface area contributed by atoms with Crippen LogP contribution in [0.1, 0.15) is 25.3 Å². The summed E-state index contributed by atoms with van der Waals surface area (Å²) in [5, 5.41) is 9.06. The van der Waals surface area contributed by atoms with Gasteiger partial charge in [0.15, 0.2) is 0 Å². The number of anilines is 1. The van der Waals surface area contributed by atoms with Gasteiger partial charge in [-0.1, -0.05) is 37.6 Å². The van der Waals surface area contributed by atoms with E-state index in [0.717, 1.165) is 5.75 Å². The van der Waals surface area contributed by atoms with Crippen molar-refractivity contribution < 1.29 is 4.74 Å². The number of nitrogens with zero attached hydrogens (tertiary/aromatic N) is 1. The van der Waals surface area contributed by atoms with E-state index in [0.29, 0.717) is 24.8 Å². The Hall–Kier alpha value is -2.01. The normalized spacial score (nSPS) is 10.7. The summed E-state index contributed by atoms with van der Waals surface area (Å²) in [7, 11) is 0. The van der Waals surface area contributed by atoms with Gasteiger partial charge in [-0.3, -0.25) is 4.79 Å². The highest BCUT2D eigenvalue weighted by Crippen LogP contribution is 2.18. The highest BCUT2D eigenvalue weighted by Gasteiger charge is 2.04. The van der Waals surface area contributed by atoms with Gasteiger partial charge in [0.25, 0.3) is 5.56 Å². The van der Waals surface area contributed by atoms with Crippen LogP contribution in [-0.2, 0) is 0 Å². The number of H-pyrrole nitrogens is 1. The fourth-order valence-electron chi connectivity index (χ4n) is 1.81. The third-order valence-electron chi connectivity index (χ3n) is 3.03. The highest BCUT2D eigenvalue weighted by atomic mass is 35.5. The van der Waals surface area contributed by atoms with Crippen molar-refractivity contribution in [2.45, 2.75) is 19.8 Å². The molecule has 6 heteroatoms. The van der Waals surface area contributed by atoms with Crippen LogP contribution in [0.4, 0.5) is 5.69 Å². The number of hydrogen-bond acceptors (Lipinski definition) is 4. The van der Waals surface area contributed by atoms with Crippen LogP contribution in [0.15, 0.2) is 35.3 Å². The Kier molecular flexibility index (Phi) is 5.22. The Morgan fingerprint density at radius 2 is 2.05 bits per heavy atom. The molecule has 1 heterocycles. The van der Waals surface area contributed by atoms with Crippen molar-refractivity contribution >= 4 is 17.3 Å². The molecule has 0 radical (unpaired) electrons. The van der Waals surface area contributed by atoms with Crippen LogP contribution >= 0.6 is 11.6 Å². The molecule has 5 nitrogen and oxygen atoms in total. The van der Waals surface area contributed by atoms with Crippen LogP contribution in [0.5, 0.6) is 5.75 Å². The van der Waals surface area contributed by atoms with E-state index >= 15 is 0 Å². The standard InChI is InChI=1S/C15H18ClN3O2/c1-10(2)11-3-5-12(6-4-11)21-8-7-17-13-9-18-19-15(20)14(13)16/h3-6,9-10H,7-8H2,1-2H3,(H2,17,19,20). The number of hydrogen-bond donors (Lipinski definition) is 2. The molecule has 0 saturated carbocycles. The fraction of sp³-hybridized carbons (Fsp3) is 0.333. The summed E-state index contributed by atoms with van der Waals surface area (Å²) < 4.78 is 5.62. The summed E-state index contributed by atoms with van der Waals surface area (Å²) in [5.41, 5.74) is 1.37. The number of ether oxygens (including phenoxy) is 1. The minimum Gasteiger partial charge on any atom is -0.492 e. The van der Waals surface area contributed by atoms with Crippen LogP contribution < -0.4 is 15.6 Å². The van der Waals surface area contributed by atoms with Crippen molar-refractivity contribution in [3.63, 3.8) is 0 Å². The maximum Gasteiger partial charge on any atom is 0.285 e. The van der Waals surface area contributed by atoms with Gasteiger partial charge in [-0.25, -0.2) is 5.10 Å². The van der Waals surface area contributed by atoms with Crippen molar-refractivity contribution in [2.75, 3.05) is 18.5 Å². The molecule has 0 bridgehead atoms. The molecule has 2 rings (SSSR count). The minimum atomic E-state index is -0.410. The summed E-state index contributed by atoms with van der Waals surface area (Å²) in [6, 6.07) is 8.03. The quantitative estimate of drug-likeness (QED) is 0.805. The molecule has 0 aliphatic heterocycles. The minimum absolute atomic E-state index is 0.103. The summed E-state index contributed by atoms with van der Waals surface area (Å²) in [5.74, 6) is 1.32. The maximum absolute atomic E-state index is 11.3. The SMILES string of the molecule is CC(C)c1ccc(OCCNc2cn[nH]c(=O)c2Cl)cc1. The monoisotopic (exact) mass is 307 g/mol. The molecule has 2 N–H and O–H groups in total. The van der Waals surface area contributed by atoms with Crippen LogP contribution in [0.2, 0.25) is 5.02 Å². The molecule has 0 saturated heterocycles. The van der Waals surface area contributed by atoms with Crippen molar-refractivity contribution in [2.24, 2.45) is 0 Å². The second-order valence-electron chi connectivity index (χ2n) is 4.93. The molecule has 112 valence electrons. The molecule has 0 atom stereocenters. The average molecular weight is 308 g/mol. The van der Waals surface area contributed by atoms with Gasteiger partial charge in [-0.15, -0.1) is 0 Å². The molecular weight excluding hydrogens is 290 g/mol. The van der Waals surface area contributed by atoms with Gasteiger partial charge >= 0.3 is 0 Å². The van der Waals surface area contributed by atoms with E-state index in [2.05, 4.69) is 41.5 Å². The molecule has 0 spiro atoms. The number of rotatable bonds is 6. The fourth-order valence-corrected chi connectivity index (χ4v) is 1.97. The van der Waals surface area contributed by atoms with E-state index < -0.39 is 5.56 Å². The molecule has 0 unspecified atom stereocenters. The summed E-state index contributed by atoms with van der Waals surface area (Å²) in [6.07, 6.45) is 1.47. The lowest BCUT2D eigenvalue weighted by molar-refractivity contribution is 0.332. The lowest BCUT2D eigenvalue weighted by Crippen LogP contribution is -2.16. The zero-order valence-corrected chi connectivity index (χ0v) is 12.8. The smallest absolute Gasteiger partial charge is 0.285 e. The lowest BCUT2D eigenvalue weighted by atomic mass is 10.0. The largest absolute Gasteiger partial charge is 0.492 e. The van der Waals surface area contributed by atoms with Crippen molar-refractivity contribution in [3.05, 3.63) is 51.4 Å².